The lowest BCUT2D eigenvalue weighted by atomic mass is 9.78. The minimum absolute atomic E-state index is 0.0496. The SMILES string of the molecule is COC(=O)C1C2CC3C(OC(=O)C31)C2OC(=O)C(C)=C(C)C. The molecular weight excluding hydrogens is 288 g/mol. The fourth-order valence-electron chi connectivity index (χ4n) is 4.02. The number of esters is 3. The molecule has 1 heterocycles. The third kappa shape index (κ3) is 1.96. The van der Waals surface area contributed by atoms with Crippen LogP contribution in [0, 0.1) is 23.7 Å². The van der Waals surface area contributed by atoms with Crippen LogP contribution in [0.4, 0.5) is 0 Å². The predicted octanol–water partition coefficient (Wildman–Crippen LogP) is 1.23. The Balaban J connectivity index is 1.85. The van der Waals surface area contributed by atoms with Crippen LogP contribution in [0.2, 0.25) is 0 Å². The van der Waals surface area contributed by atoms with Gasteiger partial charge in [0.2, 0.25) is 0 Å². The van der Waals surface area contributed by atoms with Crippen LogP contribution in [0.15, 0.2) is 11.1 Å². The molecule has 6 unspecified atom stereocenters. The number of hydrogen-bond acceptors (Lipinski definition) is 6. The Kier molecular flexibility index (Phi) is 3.50. The van der Waals surface area contributed by atoms with Crippen molar-refractivity contribution in [1.29, 1.82) is 0 Å². The Hall–Kier alpha value is -1.85. The summed E-state index contributed by atoms with van der Waals surface area (Å²) in [7, 11) is 1.31. The quantitative estimate of drug-likeness (QED) is 0.443. The summed E-state index contributed by atoms with van der Waals surface area (Å²) in [5, 5.41) is 0. The van der Waals surface area contributed by atoms with E-state index in [1.807, 2.05) is 13.8 Å². The van der Waals surface area contributed by atoms with Crippen LogP contribution < -0.4 is 0 Å². The molecule has 0 amide bonds. The van der Waals surface area contributed by atoms with Crippen molar-refractivity contribution in [1.82, 2.24) is 0 Å². The number of allylic oxidation sites excluding steroid dienone is 1. The maximum atomic E-state index is 12.2. The van der Waals surface area contributed by atoms with Gasteiger partial charge in [-0.2, -0.15) is 0 Å². The molecule has 1 saturated heterocycles. The zero-order chi connectivity index (χ0) is 16.2. The average molecular weight is 308 g/mol. The maximum absolute atomic E-state index is 12.2. The van der Waals surface area contributed by atoms with Gasteiger partial charge < -0.3 is 14.2 Å². The van der Waals surface area contributed by atoms with Crippen molar-refractivity contribution in [2.45, 2.75) is 39.4 Å². The Morgan fingerprint density at radius 2 is 1.86 bits per heavy atom. The van der Waals surface area contributed by atoms with Crippen molar-refractivity contribution >= 4 is 17.9 Å². The lowest BCUT2D eigenvalue weighted by Crippen LogP contribution is -2.43. The molecule has 6 atom stereocenters. The van der Waals surface area contributed by atoms with Gasteiger partial charge in [0, 0.05) is 17.4 Å². The van der Waals surface area contributed by atoms with Crippen LogP contribution in [0.5, 0.6) is 0 Å². The van der Waals surface area contributed by atoms with Crippen LogP contribution >= 0.6 is 0 Å². The summed E-state index contributed by atoms with van der Waals surface area (Å²) in [4.78, 5) is 36.2. The molecule has 0 spiro atoms. The topological polar surface area (TPSA) is 78.9 Å². The van der Waals surface area contributed by atoms with Crippen LogP contribution in [-0.2, 0) is 28.6 Å². The van der Waals surface area contributed by atoms with Gasteiger partial charge in [0.05, 0.1) is 18.9 Å². The first kappa shape index (κ1) is 15.1. The number of carbonyl (C=O) groups is 3. The molecule has 2 saturated carbocycles. The van der Waals surface area contributed by atoms with Crippen molar-refractivity contribution in [2.24, 2.45) is 23.7 Å². The molecule has 2 bridgehead atoms. The molecule has 3 rings (SSSR count). The van der Waals surface area contributed by atoms with E-state index in [9.17, 15) is 14.4 Å². The van der Waals surface area contributed by atoms with Gasteiger partial charge in [0.25, 0.3) is 0 Å². The first-order valence-electron chi connectivity index (χ1n) is 7.50. The van der Waals surface area contributed by atoms with Gasteiger partial charge in [-0.05, 0) is 27.2 Å². The van der Waals surface area contributed by atoms with Crippen LogP contribution in [0.25, 0.3) is 0 Å². The summed E-state index contributed by atoms with van der Waals surface area (Å²) in [5.41, 5.74) is 1.41. The summed E-state index contributed by atoms with van der Waals surface area (Å²) in [6.07, 6.45) is -0.317. The molecule has 120 valence electrons. The molecule has 3 fully saturated rings. The molecular formula is C16H20O6. The van der Waals surface area contributed by atoms with E-state index in [4.69, 9.17) is 14.2 Å². The highest BCUT2D eigenvalue weighted by atomic mass is 16.6. The van der Waals surface area contributed by atoms with Gasteiger partial charge in [-0.15, -0.1) is 0 Å². The van der Waals surface area contributed by atoms with Crippen molar-refractivity contribution in [2.75, 3.05) is 7.11 Å². The highest BCUT2D eigenvalue weighted by Gasteiger charge is 2.70. The Morgan fingerprint density at radius 1 is 1.18 bits per heavy atom. The van der Waals surface area contributed by atoms with Crippen LogP contribution in [0.3, 0.4) is 0 Å². The molecule has 0 radical (unpaired) electrons. The van der Waals surface area contributed by atoms with E-state index < -0.39 is 36.0 Å². The Labute approximate surface area is 128 Å². The predicted molar refractivity (Wildman–Crippen MR) is 74.4 cm³/mol. The minimum atomic E-state index is -0.564. The number of carbonyl (C=O) groups excluding carboxylic acids is 3. The van der Waals surface area contributed by atoms with Gasteiger partial charge in [-0.1, -0.05) is 5.57 Å². The fraction of sp³-hybridized carbons (Fsp3) is 0.688. The van der Waals surface area contributed by atoms with Gasteiger partial charge in [-0.25, -0.2) is 4.79 Å². The summed E-state index contributed by atoms with van der Waals surface area (Å²) in [6.45, 7) is 5.37. The number of rotatable bonds is 3. The number of ether oxygens (including phenoxy) is 3. The van der Waals surface area contributed by atoms with E-state index in [0.717, 1.165) is 5.57 Å². The van der Waals surface area contributed by atoms with Crippen molar-refractivity contribution < 1.29 is 28.6 Å². The second-order valence-corrected chi connectivity index (χ2v) is 6.53. The summed E-state index contributed by atoms with van der Waals surface area (Å²) in [6, 6.07) is 0. The average Bonchev–Trinajstić information content (AvgIpc) is 3.08. The van der Waals surface area contributed by atoms with Gasteiger partial charge in [-0.3, -0.25) is 9.59 Å². The Morgan fingerprint density at radius 3 is 2.45 bits per heavy atom. The van der Waals surface area contributed by atoms with E-state index in [2.05, 4.69) is 0 Å². The van der Waals surface area contributed by atoms with Crippen molar-refractivity contribution in [3.05, 3.63) is 11.1 Å². The maximum Gasteiger partial charge on any atom is 0.334 e. The minimum Gasteiger partial charge on any atom is -0.469 e. The summed E-state index contributed by atoms with van der Waals surface area (Å²) >= 11 is 0. The van der Waals surface area contributed by atoms with Gasteiger partial charge in [0.15, 0.2) is 0 Å². The highest BCUT2D eigenvalue weighted by molar-refractivity contribution is 5.89. The van der Waals surface area contributed by atoms with E-state index in [1.54, 1.807) is 6.92 Å². The molecule has 2 aliphatic carbocycles. The molecule has 6 heteroatoms. The first-order valence-corrected chi connectivity index (χ1v) is 7.50. The number of hydrogen-bond donors (Lipinski definition) is 0. The third-order valence-electron chi connectivity index (χ3n) is 5.32. The molecule has 22 heavy (non-hydrogen) atoms. The highest BCUT2D eigenvalue weighted by Crippen LogP contribution is 2.59. The lowest BCUT2D eigenvalue weighted by Gasteiger charge is -2.30. The zero-order valence-corrected chi connectivity index (χ0v) is 13.1. The largest absolute Gasteiger partial charge is 0.469 e. The van der Waals surface area contributed by atoms with Crippen LogP contribution in [0.1, 0.15) is 27.2 Å². The van der Waals surface area contributed by atoms with Crippen molar-refractivity contribution in [3.8, 4) is 0 Å². The van der Waals surface area contributed by atoms with Crippen molar-refractivity contribution in [3.63, 3.8) is 0 Å². The molecule has 6 nitrogen and oxygen atoms in total. The molecule has 1 aliphatic heterocycles. The fourth-order valence-corrected chi connectivity index (χ4v) is 4.02. The third-order valence-corrected chi connectivity index (χ3v) is 5.32. The van der Waals surface area contributed by atoms with Gasteiger partial charge in [0.1, 0.15) is 12.2 Å². The molecule has 0 aromatic heterocycles. The Bertz CT molecular complexity index is 573. The molecule has 0 N–H and O–H groups in total. The van der Waals surface area contributed by atoms with E-state index in [0.29, 0.717) is 12.0 Å². The summed E-state index contributed by atoms with van der Waals surface area (Å²) < 4.78 is 15.8. The smallest absolute Gasteiger partial charge is 0.334 e. The normalized spacial score (nSPS) is 37.7. The van der Waals surface area contributed by atoms with Gasteiger partial charge >= 0.3 is 17.9 Å². The number of methoxy groups -OCH3 is 1. The second kappa shape index (κ2) is 5.11. The second-order valence-electron chi connectivity index (χ2n) is 6.53. The summed E-state index contributed by atoms with van der Waals surface area (Å²) in [5.74, 6) is -2.46. The van der Waals surface area contributed by atoms with E-state index in [-0.39, 0.29) is 17.8 Å². The van der Waals surface area contributed by atoms with E-state index >= 15 is 0 Å². The standard InChI is InChI=1S/C16H20O6/c1-6(2)7(3)14(17)21-12-8-5-9-11(10(8)15(18)20-4)16(19)22-13(9)12/h8-13H,5H2,1-4H3. The molecule has 0 aromatic rings. The lowest BCUT2D eigenvalue weighted by molar-refractivity contribution is -0.161. The van der Waals surface area contributed by atoms with Crippen LogP contribution in [-0.4, -0.2) is 37.2 Å². The van der Waals surface area contributed by atoms with E-state index in [1.165, 1.54) is 7.11 Å². The molecule has 0 aromatic carbocycles. The zero-order valence-electron chi connectivity index (χ0n) is 13.1. The number of fused-ring (bicyclic) bond motifs is 1. The molecule has 3 aliphatic rings. The monoisotopic (exact) mass is 308 g/mol. The first-order chi connectivity index (χ1) is 10.4.